The van der Waals surface area contributed by atoms with E-state index in [0.717, 1.165) is 25.9 Å². The van der Waals surface area contributed by atoms with Crippen LogP contribution in [0.2, 0.25) is 0 Å². The third kappa shape index (κ3) is 3.59. The van der Waals surface area contributed by atoms with Gasteiger partial charge in [0, 0.05) is 19.1 Å². The number of aryl methyl sites for hydroxylation is 1. The molecule has 1 aromatic carbocycles. The zero-order valence-electron chi connectivity index (χ0n) is 13.7. The van der Waals surface area contributed by atoms with Crippen molar-refractivity contribution in [2.24, 2.45) is 0 Å². The Morgan fingerprint density at radius 1 is 1.04 bits per heavy atom. The summed E-state index contributed by atoms with van der Waals surface area (Å²) in [5, 5.41) is 0. The normalized spacial score (nSPS) is 22.3. The van der Waals surface area contributed by atoms with E-state index in [4.69, 9.17) is 0 Å². The van der Waals surface area contributed by atoms with Gasteiger partial charge in [0.2, 0.25) is 10.0 Å². The van der Waals surface area contributed by atoms with Gasteiger partial charge in [0.25, 0.3) is 0 Å². The molecule has 0 bridgehead atoms. The Hall–Kier alpha value is -0.980. The van der Waals surface area contributed by atoms with E-state index in [1.165, 1.54) is 37.5 Å². The molecule has 0 N–H and O–H groups in total. The first-order chi connectivity index (χ1) is 11.0. The molecular formula is C17H25FN2O2S. The number of nitrogens with zero attached hydrogens (tertiary/aromatic N) is 2. The monoisotopic (exact) mass is 340 g/mol. The summed E-state index contributed by atoms with van der Waals surface area (Å²) in [5.41, 5.74) is 0.475. The van der Waals surface area contributed by atoms with Gasteiger partial charge in [-0.25, -0.2) is 12.8 Å². The number of rotatable bonds is 3. The highest BCUT2D eigenvalue weighted by molar-refractivity contribution is 7.89. The quantitative estimate of drug-likeness (QED) is 0.849. The van der Waals surface area contributed by atoms with E-state index in [-0.39, 0.29) is 4.90 Å². The molecule has 4 nitrogen and oxygen atoms in total. The molecule has 2 fully saturated rings. The summed E-state index contributed by atoms with van der Waals surface area (Å²) < 4.78 is 40.4. The van der Waals surface area contributed by atoms with Crippen molar-refractivity contribution in [1.29, 1.82) is 0 Å². The number of hydrogen-bond donors (Lipinski definition) is 0. The topological polar surface area (TPSA) is 40.6 Å². The molecule has 0 radical (unpaired) electrons. The van der Waals surface area contributed by atoms with Crippen LogP contribution in [0, 0.1) is 12.7 Å². The van der Waals surface area contributed by atoms with Gasteiger partial charge in [-0.15, -0.1) is 0 Å². The molecule has 128 valence electrons. The second-order valence-corrected chi connectivity index (χ2v) is 8.55. The molecule has 2 saturated heterocycles. The minimum absolute atomic E-state index is 0.232. The lowest BCUT2D eigenvalue weighted by molar-refractivity contribution is 0.118. The van der Waals surface area contributed by atoms with Gasteiger partial charge >= 0.3 is 0 Å². The van der Waals surface area contributed by atoms with Crippen molar-refractivity contribution in [3.05, 3.63) is 29.6 Å². The Bertz CT molecular complexity index is 649. The minimum atomic E-state index is -3.52. The SMILES string of the molecule is Cc1cc(F)ccc1S(=O)(=O)N1CCC(N2CCCCC2)CC1. The third-order valence-electron chi connectivity index (χ3n) is 5.09. The van der Waals surface area contributed by atoms with Crippen LogP contribution in [0.3, 0.4) is 0 Å². The first-order valence-electron chi connectivity index (χ1n) is 8.49. The van der Waals surface area contributed by atoms with Gasteiger partial charge < -0.3 is 4.90 Å². The summed E-state index contributed by atoms with van der Waals surface area (Å²) >= 11 is 0. The maximum absolute atomic E-state index is 13.2. The smallest absolute Gasteiger partial charge is 0.243 e. The van der Waals surface area contributed by atoms with Gasteiger partial charge in [-0.3, -0.25) is 0 Å². The maximum Gasteiger partial charge on any atom is 0.243 e. The summed E-state index contributed by atoms with van der Waals surface area (Å²) in [6.45, 7) is 5.06. The van der Waals surface area contributed by atoms with E-state index < -0.39 is 15.8 Å². The molecule has 23 heavy (non-hydrogen) atoms. The average Bonchev–Trinajstić information content (AvgIpc) is 2.55. The van der Waals surface area contributed by atoms with Gasteiger partial charge in [-0.2, -0.15) is 4.31 Å². The lowest BCUT2D eigenvalue weighted by atomic mass is 10.0. The molecule has 0 aromatic heterocycles. The van der Waals surface area contributed by atoms with Gasteiger partial charge in [0.05, 0.1) is 4.90 Å². The van der Waals surface area contributed by atoms with E-state index in [9.17, 15) is 12.8 Å². The Labute approximate surface area is 138 Å². The van der Waals surface area contributed by atoms with Crippen molar-refractivity contribution in [2.75, 3.05) is 26.2 Å². The molecule has 0 aliphatic carbocycles. The number of likely N-dealkylation sites (tertiary alicyclic amines) is 1. The molecule has 0 atom stereocenters. The second-order valence-electron chi connectivity index (χ2n) is 6.64. The number of piperidine rings is 2. The molecule has 0 unspecified atom stereocenters. The molecule has 2 heterocycles. The van der Waals surface area contributed by atoms with E-state index >= 15 is 0 Å². The van der Waals surface area contributed by atoms with Crippen LogP contribution in [-0.4, -0.2) is 49.8 Å². The van der Waals surface area contributed by atoms with Crippen molar-refractivity contribution < 1.29 is 12.8 Å². The third-order valence-corrected chi connectivity index (χ3v) is 7.14. The summed E-state index contributed by atoms with van der Waals surface area (Å²) in [5.74, 6) is -0.398. The van der Waals surface area contributed by atoms with Crippen LogP contribution in [0.5, 0.6) is 0 Å². The fourth-order valence-corrected chi connectivity index (χ4v) is 5.45. The zero-order valence-corrected chi connectivity index (χ0v) is 14.5. The Morgan fingerprint density at radius 2 is 1.70 bits per heavy atom. The lowest BCUT2D eigenvalue weighted by Gasteiger charge is -2.39. The van der Waals surface area contributed by atoms with Crippen molar-refractivity contribution in [3.8, 4) is 0 Å². The van der Waals surface area contributed by atoms with Gasteiger partial charge in [-0.05, 0) is 69.5 Å². The lowest BCUT2D eigenvalue weighted by Crippen LogP contribution is -2.48. The summed E-state index contributed by atoms with van der Waals surface area (Å²) in [6, 6.07) is 4.40. The summed E-state index contributed by atoms with van der Waals surface area (Å²) in [6.07, 6.45) is 5.60. The fraction of sp³-hybridized carbons (Fsp3) is 0.647. The highest BCUT2D eigenvalue weighted by Crippen LogP contribution is 2.26. The fourth-order valence-electron chi connectivity index (χ4n) is 3.77. The molecule has 6 heteroatoms. The molecule has 2 aliphatic rings. The van der Waals surface area contributed by atoms with Gasteiger partial charge in [0.15, 0.2) is 0 Å². The molecule has 0 amide bonds. The molecule has 0 saturated carbocycles. The molecule has 3 rings (SSSR count). The van der Waals surface area contributed by atoms with Gasteiger partial charge in [-0.1, -0.05) is 6.42 Å². The van der Waals surface area contributed by atoms with Crippen LogP contribution in [0.1, 0.15) is 37.7 Å². The number of benzene rings is 1. The van der Waals surface area contributed by atoms with Crippen molar-refractivity contribution >= 4 is 10.0 Å². The van der Waals surface area contributed by atoms with Crippen LogP contribution < -0.4 is 0 Å². The van der Waals surface area contributed by atoms with E-state index in [1.54, 1.807) is 11.2 Å². The van der Waals surface area contributed by atoms with Crippen molar-refractivity contribution in [3.63, 3.8) is 0 Å². The minimum Gasteiger partial charge on any atom is -0.300 e. The standard InChI is InChI=1S/C17H25FN2O2S/c1-14-13-15(18)5-6-17(14)23(21,22)20-11-7-16(8-12-20)19-9-3-2-4-10-19/h5-6,13,16H,2-4,7-12H2,1H3. The first kappa shape index (κ1) is 16.9. The summed E-state index contributed by atoms with van der Waals surface area (Å²) in [4.78, 5) is 2.76. The van der Waals surface area contributed by atoms with E-state index in [0.29, 0.717) is 24.7 Å². The predicted octanol–water partition coefficient (Wildman–Crippen LogP) is 2.77. The van der Waals surface area contributed by atoms with Gasteiger partial charge in [0.1, 0.15) is 5.82 Å². The largest absolute Gasteiger partial charge is 0.300 e. The van der Waals surface area contributed by atoms with E-state index in [2.05, 4.69) is 4.90 Å². The van der Waals surface area contributed by atoms with Crippen LogP contribution in [0.15, 0.2) is 23.1 Å². The average molecular weight is 340 g/mol. The Kier molecular flexibility index (Phi) is 5.04. The molecule has 0 spiro atoms. The highest BCUT2D eigenvalue weighted by Gasteiger charge is 2.32. The Balaban J connectivity index is 1.68. The molecule has 2 aliphatic heterocycles. The van der Waals surface area contributed by atoms with Crippen LogP contribution in [-0.2, 0) is 10.0 Å². The molecule has 1 aromatic rings. The number of sulfonamides is 1. The van der Waals surface area contributed by atoms with Crippen molar-refractivity contribution in [1.82, 2.24) is 9.21 Å². The zero-order chi connectivity index (χ0) is 16.4. The summed E-state index contributed by atoms with van der Waals surface area (Å²) in [7, 11) is -3.52. The highest BCUT2D eigenvalue weighted by atomic mass is 32.2. The number of hydrogen-bond acceptors (Lipinski definition) is 3. The Morgan fingerprint density at radius 3 is 2.30 bits per heavy atom. The van der Waals surface area contributed by atoms with Crippen LogP contribution in [0.4, 0.5) is 4.39 Å². The first-order valence-corrected chi connectivity index (χ1v) is 9.93. The number of halogens is 1. The van der Waals surface area contributed by atoms with Crippen LogP contribution in [0.25, 0.3) is 0 Å². The predicted molar refractivity (Wildman–Crippen MR) is 88.3 cm³/mol. The maximum atomic E-state index is 13.2. The van der Waals surface area contributed by atoms with Crippen LogP contribution >= 0.6 is 0 Å². The van der Waals surface area contributed by atoms with Crippen molar-refractivity contribution in [2.45, 2.75) is 50.0 Å². The second kappa shape index (κ2) is 6.87. The molecular weight excluding hydrogens is 315 g/mol. The van der Waals surface area contributed by atoms with E-state index in [1.807, 2.05) is 0 Å².